The Hall–Kier alpha value is -1.63. The van der Waals surface area contributed by atoms with Crippen molar-refractivity contribution in [1.82, 2.24) is 20.3 Å². The smallest absolute Gasteiger partial charge is 0.303 e. The normalized spacial score (nSPS) is 10.8. The van der Waals surface area contributed by atoms with Gasteiger partial charge in [-0.1, -0.05) is 28.4 Å². The molecule has 0 radical (unpaired) electrons. The molecule has 21 heavy (non-hydrogen) atoms. The first-order chi connectivity index (χ1) is 10.1. The number of nitrogens with one attached hydrogen (secondary N) is 1. The van der Waals surface area contributed by atoms with Crippen molar-refractivity contribution in [2.75, 3.05) is 6.54 Å². The summed E-state index contributed by atoms with van der Waals surface area (Å²) in [6, 6.07) is 5.21. The number of carboxylic acid groups (broad SMARTS) is 1. The van der Waals surface area contributed by atoms with Crippen LogP contribution in [-0.2, 0) is 11.3 Å². The van der Waals surface area contributed by atoms with Gasteiger partial charge in [-0.25, -0.2) is 4.68 Å². The van der Waals surface area contributed by atoms with Crippen LogP contribution in [0.4, 0.5) is 0 Å². The number of aliphatic carboxylic acids is 1. The third-order valence-corrected chi connectivity index (χ3v) is 3.50. The summed E-state index contributed by atoms with van der Waals surface area (Å²) in [6.07, 6.45) is 2.52. The number of halogens is 2. The van der Waals surface area contributed by atoms with E-state index in [0.29, 0.717) is 29.6 Å². The molecule has 1 aromatic carbocycles. The monoisotopic (exact) mass is 328 g/mol. The van der Waals surface area contributed by atoms with E-state index in [1.54, 1.807) is 29.1 Å². The molecule has 6 nitrogen and oxygen atoms in total. The topological polar surface area (TPSA) is 80.0 Å². The molecule has 0 unspecified atom stereocenters. The number of hydrogen-bond donors (Lipinski definition) is 2. The van der Waals surface area contributed by atoms with Crippen LogP contribution in [0, 0.1) is 0 Å². The predicted octanol–water partition coefficient (Wildman–Crippen LogP) is 2.53. The second kappa shape index (κ2) is 7.40. The fraction of sp³-hybridized carbons (Fsp3) is 0.308. The van der Waals surface area contributed by atoms with Crippen LogP contribution in [0.25, 0.3) is 5.69 Å². The highest BCUT2D eigenvalue weighted by Gasteiger charge is 2.05. The highest BCUT2D eigenvalue weighted by atomic mass is 35.5. The van der Waals surface area contributed by atoms with Gasteiger partial charge in [0, 0.05) is 13.0 Å². The Balaban J connectivity index is 1.89. The molecule has 1 aromatic heterocycles. The van der Waals surface area contributed by atoms with Crippen molar-refractivity contribution in [2.24, 2.45) is 0 Å². The summed E-state index contributed by atoms with van der Waals surface area (Å²) >= 11 is 11.8. The standard InChI is InChI=1S/C13H14Cl2N4O2/c14-11-4-3-10(6-12(11)15)19-8-9(17-18-19)7-16-5-1-2-13(20)21/h3-4,6,8,16H,1-2,5,7H2,(H,20,21). The van der Waals surface area contributed by atoms with Gasteiger partial charge >= 0.3 is 5.97 Å². The van der Waals surface area contributed by atoms with Crippen LogP contribution >= 0.6 is 23.2 Å². The summed E-state index contributed by atoms with van der Waals surface area (Å²) in [4.78, 5) is 10.4. The zero-order chi connectivity index (χ0) is 15.2. The van der Waals surface area contributed by atoms with E-state index >= 15 is 0 Å². The summed E-state index contributed by atoms with van der Waals surface area (Å²) in [5.74, 6) is -0.789. The minimum atomic E-state index is -0.789. The number of rotatable bonds is 7. The van der Waals surface area contributed by atoms with Crippen molar-refractivity contribution in [3.8, 4) is 5.69 Å². The molecule has 2 aromatic rings. The molecule has 2 N–H and O–H groups in total. The molecule has 0 aliphatic rings. The number of benzene rings is 1. The van der Waals surface area contributed by atoms with Crippen LogP contribution in [0.3, 0.4) is 0 Å². The van der Waals surface area contributed by atoms with Crippen LogP contribution in [0.15, 0.2) is 24.4 Å². The van der Waals surface area contributed by atoms with E-state index in [-0.39, 0.29) is 6.42 Å². The Morgan fingerprint density at radius 2 is 2.14 bits per heavy atom. The summed E-state index contributed by atoms with van der Waals surface area (Å²) in [7, 11) is 0. The van der Waals surface area contributed by atoms with Crippen molar-refractivity contribution in [1.29, 1.82) is 0 Å². The van der Waals surface area contributed by atoms with Gasteiger partial charge in [-0.15, -0.1) is 5.10 Å². The van der Waals surface area contributed by atoms with Crippen LogP contribution in [-0.4, -0.2) is 32.6 Å². The van der Waals surface area contributed by atoms with Crippen LogP contribution < -0.4 is 5.32 Å². The molecule has 0 fully saturated rings. The van der Waals surface area contributed by atoms with Gasteiger partial charge in [0.1, 0.15) is 0 Å². The van der Waals surface area contributed by atoms with E-state index in [1.807, 2.05) is 0 Å². The van der Waals surface area contributed by atoms with Gasteiger partial charge in [0.25, 0.3) is 0 Å². The van der Waals surface area contributed by atoms with E-state index in [9.17, 15) is 4.79 Å². The van der Waals surface area contributed by atoms with Gasteiger partial charge in [-0.05, 0) is 31.2 Å². The molecule has 112 valence electrons. The van der Waals surface area contributed by atoms with Gasteiger partial charge in [0.05, 0.1) is 27.6 Å². The molecule has 1 heterocycles. The quantitative estimate of drug-likeness (QED) is 0.763. The highest BCUT2D eigenvalue weighted by Crippen LogP contribution is 2.24. The van der Waals surface area contributed by atoms with Crippen LogP contribution in [0.1, 0.15) is 18.5 Å². The molecule has 0 aliphatic carbocycles. The fourth-order valence-corrected chi connectivity index (χ4v) is 2.01. The number of carbonyl (C=O) groups is 1. The van der Waals surface area contributed by atoms with Gasteiger partial charge < -0.3 is 10.4 Å². The third kappa shape index (κ3) is 4.70. The Kier molecular flexibility index (Phi) is 5.55. The van der Waals surface area contributed by atoms with Crippen LogP contribution in [0.2, 0.25) is 10.0 Å². The Bertz CT molecular complexity index is 630. The maximum absolute atomic E-state index is 10.4. The molecule has 0 bridgehead atoms. The van der Waals surface area contributed by atoms with Gasteiger partial charge in [0.2, 0.25) is 0 Å². The van der Waals surface area contributed by atoms with E-state index in [1.165, 1.54) is 0 Å². The van der Waals surface area contributed by atoms with Crippen molar-refractivity contribution >= 4 is 29.2 Å². The zero-order valence-electron chi connectivity index (χ0n) is 11.1. The Morgan fingerprint density at radius 1 is 1.33 bits per heavy atom. The van der Waals surface area contributed by atoms with E-state index in [0.717, 1.165) is 11.4 Å². The number of nitrogens with zero attached hydrogens (tertiary/aromatic N) is 3. The van der Waals surface area contributed by atoms with Crippen molar-refractivity contribution in [2.45, 2.75) is 19.4 Å². The van der Waals surface area contributed by atoms with E-state index < -0.39 is 5.97 Å². The van der Waals surface area contributed by atoms with Gasteiger partial charge in [0.15, 0.2) is 0 Å². The first-order valence-electron chi connectivity index (χ1n) is 6.35. The molecule has 0 spiro atoms. The Morgan fingerprint density at radius 3 is 2.86 bits per heavy atom. The lowest BCUT2D eigenvalue weighted by atomic mass is 10.3. The van der Waals surface area contributed by atoms with Crippen molar-refractivity contribution < 1.29 is 9.90 Å². The molecular formula is C13H14Cl2N4O2. The number of aromatic nitrogens is 3. The lowest BCUT2D eigenvalue weighted by Gasteiger charge is -2.02. The lowest BCUT2D eigenvalue weighted by Crippen LogP contribution is -2.16. The molecular weight excluding hydrogens is 315 g/mol. The summed E-state index contributed by atoms with van der Waals surface area (Å²) in [5.41, 5.74) is 1.53. The molecule has 8 heteroatoms. The molecule has 0 amide bonds. The van der Waals surface area contributed by atoms with Gasteiger partial charge in [-0.3, -0.25) is 4.79 Å². The molecule has 0 saturated carbocycles. The van der Waals surface area contributed by atoms with E-state index in [4.69, 9.17) is 28.3 Å². The molecule has 2 rings (SSSR count). The summed E-state index contributed by atoms with van der Waals surface area (Å²) in [5, 5.41) is 20.6. The fourth-order valence-electron chi connectivity index (χ4n) is 1.71. The van der Waals surface area contributed by atoms with Crippen LogP contribution in [0.5, 0.6) is 0 Å². The first-order valence-corrected chi connectivity index (χ1v) is 7.11. The number of hydrogen-bond acceptors (Lipinski definition) is 4. The maximum Gasteiger partial charge on any atom is 0.303 e. The number of carboxylic acids is 1. The maximum atomic E-state index is 10.4. The average Bonchev–Trinajstić information content (AvgIpc) is 2.90. The SMILES string of the molecule is O=C(O)CCCNCc1cn(-c2ccc(Cl)c(Cl)c2)nn1. The Labute approximate surface area is 131 Å². The predicted molar refractivity (Wildman–Crippen MR) is 80.0 cm³/mol. The minimum absolute atomic E-state index is 0.156. The van der Waals surface area contributed by atoms with E-state index in [2.05, 4.69) is 15.6 Å². The molecule has 0 saturated heterocycles. The van der Waals surface area contributed by atoms with Crippen molar-refractivity contribution in [3.63, 3.8) is 0 Å². The largest absolute Gasteiger partial charge is 0.481 e. The average molecular weight is 329 g/mol. The summed E-state index contributed by atoms with van der Waals surface area (Å²) < 4.78 is 1.61. The molecule has 0 atom stereocenters. The second-order valence-electron chi connectivity index (χ2n) is 4.43. The minimum Gasteiger partial charge on any atom is -0.481 e. The summed E-state index contributed by atoms with van der Waals surface area (Å²) in [6.45, 7) is 1.15. The molecule has 0 aliphatic heterocycles. The first kappa shape index (κ1) is 15.8. The third-order valence-electron chi connectivity index (χ3n) is 2.76. The lowest BCUT2D eigenvalue weighted by molar-refractivity contribution is -0.137. The van der Waals surface area contributed by atoms with Crippen molar-refractivity contribution in [3.05, 3.63) is 40.1 Å². The second-order valence-corrected chi connectivity index (χ2v) is 5.24. The highest BCUT2D eigenvalue weighted by molar-refractivity contribution is 6.42. The van der Waals surface area contributed by atoms with Gasteiger partial charge in [-0.2, -0.15) is 0 Å². The zero-order valence-corrected chi connectivity index (χ0v) is 12.6.